The van der Waals surface area contributed by atoms with Crippen molar-refractivity contribution in [2.24, 2.45) is 0 Å². The van der Waals surface area contributed by atoms with E-state index < -0.39 is 22.7 Å². The van der Waals surface area contributed by atoms with Crippen molar-refractivity contribution >= 4 is 21.9 Å². The van der Waals surface area contributed by atoms with Crippen molar-refractivity contribution in [3.63, 3.8) is 0 Å². The number of hydrogen-bond acceptors (Lipinski definition) is 5. The van der Waals surface area contributed by atoms with Crippen molar-refractivity contribution in [2.45, 2.75) is 20.5 Å². The van der Waals surface area contributed by atoms with Crippen LogP contribution in [0.15, 0.2) is 0 Å². The van der Waals surface area contributed by atoms with E-state index in [-0.39, 0.29) is 11.5 Å². The summed E-state index contributed by atoms with van der Waals surface area (Å²) in [6, 6.07) is 0. The van der Waals surface area contributed by atoms with Crippen molar-refractivity contribution in [2.75, 3.05) is 19.4 Å². The van der Waals surface area contributed by atoms with Gasteiger partial charge in [-0.1, -0.05) is 0 Å². The van der Waals surface area contributed by atoms with Crippen LogP contribution in [-0.4, -0.2) is 47.0 Å². The molecule has 0 aliphatic carbocycles. The van der Waals surface area contributed by atoms with Crippen molar-refractivity contribution in [1.82, 2.24) is 13.5 Å². The van der Waals surface area contributed by atoms with E-state index in [4.69, 9.17) is 5.11 Å². The van der Waals surface area contributed by atoms with Crippen LogP contribution >= 0.6 is 0 Å². The van der Waals surface area contributed by atoms with Gasteiger partial charge in [-0.2, -0.15) is 17.8 Å². The second-order valence-corrected chi connectivity index (χ2v) is 5.86. The van der Waals surface area contributed by atoms with Gasteiger partial charge in [0, 0.05) is 26.6 Å². The smallest absolute Gasteiger partial charge is 0.324 e. The topological polar surface area (TPSA) is 105 Å². The van der Waals surface area contributed by atoms with Crippen LogP contribution in [0, 0.1) is 6.92 Å². The minimum Gasteiger partial charge on any atom is -0.390 e. The summed E-state index contributed by atoms with van der Waals surface area (Å²) < 4.78 is 25.7. The molecule has 1 heterocycles. The molecule has 0 aliphatic heterocycles. The maximum absolute atomic E-state index is 12.0. The first-order valence-corrected chi connectivity index (χ1v) is 6.51. The Hall–Kier alpha value is -1.45. The monoisotopic (exact) mass is 276 g/mol. The molecule has 1 aromatic heterocycles. The minimum atomic E-state index is -3.85. The number of aliphatic hydroxyl groups excluding tert-OH is 1. The number of hydrogen-bond donors (Lipinski definition) is 2. The van der Waals surface area contributed by atoms with Gasteiger partial charge in [-0.05, 0) is 6.92 Å². The molecule has 0 atom stereocenters. The molecule has 0 aliphatic rings. The van der Waals surface area contributed by atoms with Crippen molar-refractivity contribution < 1.29 is 18.3 Å². The maximum Gasteiger partial charge on any atom is 0.324 e. The van der Waals surface area contributed by atoms with E-state index in [2.05, 4.69) is 10.4 Å². The number of anilines is 1. The number of amides is 1. The summed E-state index contributed by atoms with van der Waals surface area (Å²) in [5.74, 6) is -0.377. The molecule has 0 saturated heterocycles. The Morgan fingerprint density at radius 3 is 2.44 bits per heavy atom. The lowest BCUT2D eigenvalue weighted by Gasteiger charge is -2.13. The number of carbonyl (C=O) groups is 1. The molecular formula is C9H16N4O4S. The molecule has 0 fully saturated rings. The SMILES string of the molecule is CC(=O)Nc1c(C)c(CO)nn1S(=O)(=O)N(C)C. The lowest BCUT2D eigenvalue weighted by Crippen LogP contribution is -2.31. The fourth-order valence-electron chi connectivity index (χ4n) is 1.29. The summed E-state index contributed by atoms with van der Waals surface area (Å²) in [7, 11) is -1.15. The first-order chi connectivity index (χ1) is 8.21. The van der Waals surface area contributed by atoms with Gasteiger partial charge < -0.3 is 10.4 Å². The lowest BCUT2D eigenvalue weighted by atomic mass is 10.2. The average Bonchev–Trinajstić information content (AvgIpc) is 2.56. The molecule has 0 bridgehead atoms. The molecule has 9 heteroatoms. The highest BCUT2D eigenvalue weighted by atomic mass is 32.2. The summed E-state index contributed by atoms with van der Waals surface area (Å²) in [6.45, 7) is 2.43. The molecule has 1 rings (SSSR count). The van der Waals surface area contributed by atoms with E-state index in [0.717, 1.165) is 4.31 Å². The Kier molecular flexibility index (Phi) is 4.09. The van der Waals surface area contributed by atoms with Crippen LogP contribution in [0.25, 0.3) is 0 Å². The van der Waals surface area contributed by atoms with Crippen LogP contribution in [0.3, 0.4) is 0 Å². The maximum atomic E-state index is 12.0. The number of rotatable bonds is 4. The summed E-state index contributed by atoms with van der Waals surface area (Å²) in [4.78, 5) is 11.1. The molecule has 8 nitrogen and oxygen atoms in total. The second-order valence-electron chi connectivity index (χ2n) is 3.89. The molecule has 0 aromatic carbocycles. The molecular weight excluding hydrogens is 260 g/mol. The Morgan fingerprint density at radius 1 is 1.50 bits per heavy atom. The molecule has 1 amide bonds. The summed E-state index contributed by atoms with van der Waals surface area (Å²) in [6.07, 6.45) is 0. The number of nitrogens with one attached hydrogen (secondary N) is 1. The number of carbonyl (C=O) groups excluding carboxylic acids is 1. The van der Waals surface area contributed by atoms with Crippen LogP contribution in [0.4, 0.5) is 5.82 Å². The van der Waals surface area contributed by atoms with Gasteiger partial charge in [0.2, 0.25) is 5.91 Å². The van der Waals surface area contributed by atoms with Gasteiger partial charge in [0.15, 0.2) is 5.82 Å². The normalized spacial score (nSPS) is 11.9. The van der Waals surface area contributed by atoms with Gasteiger partial charge in [-0.15, -0.1) is 4.09 Å². The molecule has 1 aromatic rings. The highest BCUT2D eigenvalue weighted by Crippen LogP contribution is 2.21. The molecule has 0 spiro atoms. The Morgan fingerprint density at radius 2 is 2.06 bits per heavy atom. The van der Waals surface area contributed by atoms with E-state index in [1.165, 1.54) is 21.0 Å². The summed E-state index contributed by atoms with van der Waals surface area (Å²) in [5.41, 5.74) is 0.613. The number of aliphatic hydroxyl groups is 1. The van der Waals surface area contributed by atoms with Gasteiger partial charge in [-0.25, -0.2) is 0 Å². The van der Waals surface area contributed by atoms with Crippen LogP contribution < -0.4 is 5.32 Å². The predicted molar refractivity (Wildman–Crippen MR) is 65.2 cm³/mol. The Bertz CT molecular complexity index is 561. The van der Waals surface area contributed by atoms with E-state index in [1.54, 1.807) is 6.92 Å². The van der Waals surface area contributed by atoms with E-state index >= 15 is 0 Å². The zero-order valence-electron chi connectivity index (χ0n) is 10.6. The lowest BCUT2D eigenvalue weighted by molar-refractivity contribution is -0.114. The molecule has 0 radical (unpaired) electrons. The number of nitrogens with zero attached hydrogens (tertiary/aromatic N) is 3. The first kappa shape index (κ1) is 14.6. The molecule has 2 N–H and O–H groups in total. The second kappa shape index (κ2) is 5.04. The van der Waals surface area contributed by atoms with Gasteiger partial charge in [-0.3, -0.25) is 4.79 Å². The highest BCUT2D eigenvalue weighted by Gasteiger charge is 2.25. The quantitative estimate of drug-likeness (QED) is 0.756. The predicted octanol–water partition coefficient (Wildman–Crippen LogP) is -0.703. The Balaban J connectivity index is 3.48. The van der Waals surface area contributed by atoms with Gasteiger partial charge in [0.05, 0.1) is 12.3 Å². The summed E-state index contributed by atoms with van der Waals surface area (Å²) >= 11 is 0. The van der Waals surface area contributed by atoms with Crippen LogP contribution in [0.5, 0.6) is 0 Å². The summed E-state index contributed by atoms with van der Waals surface area (Å²) in [5, 5.41) is 15.3. The van der Waals surface area contributed by atoms with Gasteiger partial charge in [0.25, 0.3) is 0 Å². The molecule has 0 unspecified atom stereocenters. The van der Waals surface area contributed by atoms with Crippen molar-refractivity contribution in [3.8, 4) is 0 Å². The van der Waals surface area contributed by atoms with Gasteiger partial charge >= 0.3 is 10.2 Å². The van der Waals surface area contributed by atoms with E-state index in [1.807, 2.05) is 0 Å². The minimum absolute atomic E-state index is 0.0419. The fourth-order valence-corrected chi connectivity index (χ4v) is 2.22. The third-order valence-corrected chi connectivity index (χ3v) is 3.94. The largest absolute Gasteiger partial charge is 0.390 e. The molecule has 0 saturated carbocycles. The highest BCUT2D eigenvalue weighted by molar-refractivity contribution is 7.87. The third kappa shape index (κ3) is 2.52. The molecule has 18 heavy (non-hydrogen) atoms. The van der Waals surface area contributed by atoms with Crippen LogP contribution in [-0.2, 0) is 21.6 Å². The first-order valence-electron chi connectivity index (χ1n) is 5.11. The fraction of sp³-hybridized carbons (Fsp3) is 0.556. The molecule has 102 valence electrons. The average molecular weight is 276 g/mol. The third-order valence-electron chi connectivity index (χ3n) is 2.32. The van der Waals surface area contributed by atoms with Crippen molar-refractivity contribution in [1.29, 1.82) is 0 Å². The van der Waals surface area contributed by atoms with Gasteiger partial charge in [0.1, 0.15) is 0 Å². The van der Waals surface area contributed by atoms with Crippen LogP contribution in [0.1, 0.15) is 18.2 Å². The van der Waals surface area contributed by atoms with Crippen LogP contribution in [0.2, 0.25) is 0 Å². The number of aromatic nitrogens is 2. The van der Waals surface area contributed by atoms with Crippen molar-refractivity contribution in [3.05, 3.63) is 11.3 Å². The zero-order chi connectivity index (χ0) is 14.1. The van der Waals surface area contributed by atoms with E-state index in [9.17, 15) is 13.2 Å². The van der Waals surface area contributed by atoms with E-state index in [0.29, 0.717) is 9.65 Å². The standard InChI is InChI=1S/C9H16N4O4S/c1-6-8(5-14)11-13(9(6)10-7(2)15)18(16,17)12(3)4/h14H,5H2,1-4H3,(H,10,15). The zero-order valence-corrected chi connectivity index (χ0v) is 11.4. The Labute approximate surface area is 105 Å².